The molecule has 0 N–H and O–H groups in total. The molecule has 0 aromatic carbocycles. The molecule has 18 heavy (non-hydrogen) atoms. The molecule has 0 spiro atoms. The predicted octanol–water partition coefficient (Wildman–Crippen LogP) is 2.06. The topological polar surface area (TPSA) is 59.2 Å². The van der Waals surface area contributed by atoms with Crippen LogP contribution in [0.1, 0.15) is 26.8 Å². The van der Waals surface area contributed by atoms with Gasteiger partial charge in [0, 0.05) is 31.0 Å². The summed E-state index contributed by atoms with van der Waals surface area (Å²) in [5.41, 5.74) is 3.22. The average molecular weight is 265 g/mol. The minimum atomic E-state index is -0.117. The van der Waals surface area contributed by atoms with Crippen molar-refractivity contribution in [1.29, 1.82) is 0 Å². The second kappa shape index (κ2) is 5.30. The largest absolute Gasteiger partial charge is 0.361 e. The van der Waals surface area contributed by atoms with E-state index in [-0.39, 0.29) is 5.91 Å². The first-order chi connectivity index (χ1) is 8.58. The van der Waals surface area contributed by atoms with E-state index in [1.54, 1.807) is 36.3 Å². The Morgan fingerprint density at radius 2 is 2.28 bits per heavy atom. The first-order valence-electron chi connectivity index (χ1n) is 5.65. The van der Waals surface area contributed by atoms with E-state index in [4.69, 9.17) is 4.52 Å². The molecule has 0 saturated heterocycles. The number of likely N-dealkylation sites (N-methyl/N-ethyl adjacent to an activating group) is 1. The highest BCUT2D eigenvalue weighted by Crippen LogP contribution is 2.13. The normalized spacial score (nSPS) is 10.6. The van der Waals surface area contributed by atoms with Crippen LogP contribution in [0.4, 0.5) is 0 Å². The van der Waals surface area contributed by atoms with Gasteiger partial charge in [-0.1, -0.05) is 5.16 Å². The Kier molecular flexibility index (Phi) is 3.76. The Morgan fingerprint density at radius 3 is 2.83 bits per heavy atom. The summed E-state index contributed by atoms with van der Waals surface area (Å²) in [6.07, 6.45) is 0.815. The zero-order valence-electron chi connectivity index (χ0n) is 10.6. The summed E-state index contributed by atoms with van der Waals surface area (Å²) in [6.45, 7) is 4.40. The summed E-state index contributed by atoms with van der Waals surface area (Å²) in [7, 11) is 1.77. The lowest BCUT2D eigenvalue weighted by molar-refractivity contribution is 0.0786. The first-order valence-corrected chi connectivity index (χ1v) is 6.53. The first kappa shape index (κ1) is 12.8. The van der Waals surface area contributed by atoms with Crippen LogP contribution < -0.4 is 0 Å². The van der Waals surface area contributed by atoms with Gasteiger partial charge in [0.25, 0.3) is 5.91 Å². The van der Waals surface area contributed by atoms with Gasteiger partial charge in [-0.25, -0.2) is 4.98 Å². The minimum Gasteiger partial charge on any atom is -0.361 e. The van der Waals surface area contributed by atoms with E-state index >= 15 is 0 Å². The van der Waals surface area contributed by atoms with Gasteiger partial charge < -0.3 is 9.42 Å². The van der Waals surface area contributed by atoms with Gasteiger partial charge >= 0.3 is 0 Å². The summed E-state index contributed by atoms with van der Waals surface area (Å²) in [5, 5.41) is 3.72. The molecule has 0 aliphatic carbocycles. The lowest BCUT2D eigenvalue weighted by Gasteiger charge is -2.14. The SMILES string of the molecule is Cc1cc(C(=O)N(C)CCc2scnc2C)no1. The molecule has 0 atom stereocenters. The molecule has 0 saturated carbocycles. The van der Waals surface area contributed by atoms with Crippen LogP contribution in [0, 0.1) is 13.8 Å². The molecule has 0 fully saturated rings. The number of carbonyl (C=O) groups excluding carboxylic acids is 1. The van der Waals surface area contributed by atoms with Crippen LogP contribution in [0.15, 0.2) is 16.1 Å². The van der Waals surface area contributed by atoms with Crippen LogP contribution in [0.5, 0.6) is 0 Å². The molecule has 6 heteroatoms. The van der Waals surface area contributed by atoms with E-state index in [2.05, 4.69) is 10.1 Å². The van der Waals surface area contributed by atoms with Crippen molar-refractivity contribution in [1.82, 2.24) is 15.0 Å². The molecule has 1 amide bonds. The van der Waals surface area contributed by atoms with Crippen molar-refractivity contribution in [3.05, 3.63) is 33.6 Å². The number of aromatic nitrogens is 2. The number of hydrogen-bond donors (Lipinski definition) is 0. The molecular weight excluding hydrogens is 250 g/mol. The number of amides is 1. The molecule has 0 unspecified atom stereocenters. The van der Waals surface area contributed by atoms with Gasteiger partial charge in [-0.05, 0) is 13.8 Å². The zero-order chi connectivity index (χ0) is 13.1. The van der Waals surface area contributed by atoms with Gasteiger partial charge in [-0.15, -0.1) is 11.3 Å². The maximum atomic E-state index is 12.0. The molecule has 0 aliphatic rings. The second-order valence-electron chi connectivity index (χ2n) is 4.16. The van der Waals surface area contributed by atoms with Gasteiger partial charge in [-0.2, -0.15) is 0 Å². The Bertz CT molecular complexity index is 547. The molecule has 2 aromatic rings. The lowest BCUT2D eigenvalue weighted by Crippen LogP contribution is -2.29. The van der Waals surface area contributed by atoms with Gasteiger partial charge in [0.1, 0.15) is 5.76 Å². The summed E-state index contributed by atoms with van der Waals surface area (Å²) in [6, 6.07) is 1.65. The van der Waals surface area contributed by atoms with Gasteiger partial charge in [0.15, 0.2) is 5.69 Å². The molecular formula is C12H15N3O2S. The number of rotatable bonds is 4. The minimum absolute atomic E-state index is 0.117. The Labute approximate surface area is 109 Å². The maximum Gasteiger partial charge on any atom is 0.275 e. The number of hydrogen-bond acceptors (Lipinski definition) is 5. The van der Waals surface area contributed by atoms with Crippen LogP contribution in [0.25, 0.3) is 0 Å². The monoisotopic (exact) mass is 265 g/mol. The van der Waals surface area contributed by atoms with Gasteiger partial charge in [0.05, 0.1) is 11.2 Å². The summed E-state index contributed by atoms with van der Waals surface area (Å²) in [5.74, 6) is 0.527. The van der Waals surface area contributed by atoms with Crippen molar-refractivity contribution >= 4 is 17.2 Å². The average Bonchev–Trinajstić information content (AvgIpc) is 2.94. The van der Waals surface area contributed by atoms with Gasteiger partial charge in [-0.3, -0.25) is 4.79 Å². The molecule has 2 aromatic heterocycles. The molecule has 96 valence electrons. The molecule has 2 rings (SSSR count). The fourth-order valence-corrected chi connectivity index (χ4v) is 2.37. The molecule has 5 nitrogen and oxygen atoms in total. The van der Waals surface area contributed by atoms with Crippen molar-refractivity contribution < 1.29 is 9.32 Å². The number of thiazole rings is 1. The van der Waals surface area contributed by atoms with E-state index in [1.807, 2.05) is 12.4 Å². The third-order valence-electron chi connectivity index (χ3n) is 2.71. The van der Waals surface area contributed by atoms with Gasteiger partial charge in [0.2, 0.25) is 0 Å². The van der Waals surface area contributed by atoms with Crippen molar-refractivity contribution in [2.75, 3.05) is 13.6 Å². The summed E-state index contributed by atoms with van der Waals surface area (Å²) < 4.78 is 4.90. The quantitative estimate of drug-likeness (QED) is 0.849. The fraction of sp³-hybridized carbons (Fsp3) is 0.417. The zero-order valence-corrected chi connectivity index (χ0v) is 11.5. The standard InChI is InChI=1S/C12H15N3O2S/c1-8-6-10(14-17-8)12(16)15(3)5-4-11-9(2)13-7-18-11/h6-7H,4-5H2,1-3H3. The van der Waals surface area contributed by atoms with Crippen LogP contribution in [-0.4, -0.2) is 34.5 Å². The molecule has 0 aliphatic heterocycles. The van der Waals surface area contributed by atoms with Crippen molar-refractivity contribution in [2.24, 2.45) is 0 Å². The second-order valence-corrected chi connectivity index (χ2v) is 5.10. The van der Waals surface area contributed by atoms with E-state index in [0.717, 1.165) is 12.1 Å². The highest BCUT2D eigenvalue weighted by molar-refractivity contribution is 7.09. The van der Waals surface area contributed by atoms with Crippen LogP contribution in [0.2, 0.25) is 0 Å². The van der Waals surface area contributed by atoms with Crippen molar-refractivity contribution in [3.63, 3.8) is 0 Å². The Morgan fingerprint density at radius 1 is 1.50 bits per heavy atom. The lowest BCUT2D eigenvalue weighted by atomic mass is 10.2. The Balaban J connectivity index is 1.94. The smallest absolute Gasteiger partial charge is 0.275 e. The third-order valence-corrected chi connectivity index (χ3v) is 3.71. The van der Waals surface area contributed by atoms with Crippen LogP contribution in [-0.2, 0) is 6.42 Å². The maximum absolute atomic E-state index is 12.0. The van der Waals surface area contributed by atoms with Crippen molar-refractivity contribution in [2.45, 2.75) is 20.3 Å². The van der Waals surface area contributed by atoms with E-state index in [1.165, 1.54) is 4.88 Å². The molecule has 0 radical (unpaired) electrons. The number of aryl methyl sites for hydroxylation is 2. The van der Waals surface area contributed by atoms with Crippen LogP contribution in [0.3, 0.4) is 0 Å². The summed E-state index contributed by atoms with van der Waals surface area (Å²) >= 11 is 1.62. The Hall–Kier alpha value is -1.69. The highest BCUT2D eigenvalue weighted by Gasteiger charge is 2.16. The van der Waals surface area contributed by atoms with E-state index in [9.17, 15) is 4.79 Å². The van der Waals surface area contributed by atoms with Crippen molar-refractivity contribution in [3.8, 4) is 0 Å². The number of nitrogens with zero attached hydrogens (tertiary/aromatic N) is 3. The predicted molar refractivity (Wildman–Crippen MR) is 68.8 cm³/mol. The fourth-order valence-electron chi connectivity index (χ4n) is 1.60. The third kappa shape index (κ3) is 2.76. The van der Waals surface area contributed by atoms with E-state index < -0.39 is 0 Å². The highest BCUT2D eigenvalue weighted by atomic mass is 32.1. The molecule has 0 bridgehead atoms. The number of carbonyl (C=O) groups is 1. The van der Waals surface area contributed by atoms with Crippen LogP contribution >= 0.6 is 11.3 Å². The molecule has 2 heterocycles. The van der Waals surface area contributed by atoms with E-state index in [0.29, 0.717) is 18.0 Å². The summed E-state index contributed by atoms with van der Waals surface area (Å²) in [4.78, 5) is 19.0.